The summed E-state index contributed by atoms with van der Waals surface area (Å²) in [5.41, 5.74) is 0.0695. The fourth-order valence-corrected chi connectivity index (χ4v) is 2.98. The summed E-state index contributed by atoms with van der Waals surface area (Å²) < 4.78 is 0. The Morgan fingerprint density at radius 1 is 1.38 bits per heavy atom. The molecule has 0 amide bonds. The molecule has 13 heavy (non-hydrogen) atoms. The molecule has 0 aromatic carbocycles. The monoisotopic (exact) mass is 178 g/mol. The lowest BCUT2D eigenvalue weighted by molar-refractivity contribution is -0.125. The minimum atomic E-state index is -0.301. The van der Waals surface area contributed by atoms with Crippen molar-refractivity contribution in [2.75, 3.05) is 0 Å². The van der Waals surface area contributed by atoms with Crippen LogP contribution in [0.5, 0.6) is 0 Å². The van der Waals surface area contributed by atoms with Crippen LogP contribution in [0.3, 0.4) is 0 Å². The van der Waals surface area contributed by atoms with E-state index >= 15 is 0 Å². The quantitative estimate of drug-likeness (QED) is 0.418. The molecule has 2 heteroatoms. The van der Waals surface area contributed by atoms with Crippen molar-refractivity contribution in [2.45, 2.75) is 33.6 Å². The number of hydrogen-bond donors (Lipinski definition) is 0. The van der Waals surface area contributed by atoms with Gasteiger partial charge < -0.3 is 0 Å². The van der Waals surface area contributed by atoms with E-state index in [4.69, 9.17) is 0 Å². The Morgan fingerprint density at radius 2 is 2.00 bits per heavy atom. The van der Waals surface area contributed by atoms with Crippen molar-refractivity contribution >= 4 is 11.7 Å². The second-order valence-corrected chi connectivity index (χ2v) is 4.99. The van der Waals surface area contributed by atoms with Crippen LogP contribution in [0.15, 0.2) is 5.57 Å². The fraction of sp³-hybridized carbons (Fsp3) is 0.727. The van der Waals surface area contributed by atoms with Crippen LogP contribution in [0.2, 0.25) is 0 Å². The predicted molar refractivity (Wildman–Crippen MR) is 48.8 cm³/mol. The number of Topliss-reactive ketones (excluding diaryl/α,β-unsaturated/α-hetero) is 1. The van der Waals surface area contributed by atoms with Crippen molar-refractivity contribution in [2.24, 2.45) is 16.7 Å². The predicted octanol–water partition coefficient (Wildman–Crippen LogP) is 1.77. The van der Waals surface area contributed by atoms with Crippen LogP contribution >= 0.6 is 0 Å². The molecule has 2 saturated carbocycles. The van der Waals surface area contributed by atoms with Gasteiger partial charge in [-0.3, -0.25) is 4.79 Å². The third-order valence-electron chi connectivity index (χ3n) is 4.43. The highest BCUT2D eigenvalue weighted by Crippen LogP contribution is 2.64. The van der Waals surface area contributed by atoms with Crippen molar-refractivity contribution in [3.63, 3.8) is 0 Å². The first-order chi connectivity index (χ1) is 5.95. The normalized spacial score (nSPS) is 41.0. The summed E-state index contributed by atoms with van der Waals surface area (Å²) in [6.07, 6.45) is 1.90. The Labute approximate surface area is 78.0 Å². The summed E-state index contributed by atoms with van der Waals surface area (Å²) in [5, 5.41) is 0. The average molecular weight is 178 g/mol. The van der Waals surface area contributed by atoms with Gasteiger partial charge in [0, 0.05) is 11.3 Å². The first-order valence-electron chi connectivity index (χ1n) is 4.75. The summed E-state index contributed by atoms with van der Waals surface area (Å²) in [4.78, 5) is 22.5. The van der Waals surface area contributed by atoms with Crippen LogP contribution in [0.1, 0.15) is 33.6 Å². The molecule has 0 unspecified atom stereocenters. The highest BCUT2D eigenvalue weighted by Gasteiger charge is 2.64. The largest absolute Gasteiger partial charge is 0.293 e. The Balaban J connectivity index is 2.64. The number of fused-ring (bicyclic) bond motifs is 2. The average Bonchev–Trinajstić information content (AvgIpc) is 2.36. The number of ketones is 1. The zero-order valence-electron chi connectivity index (χ0n) is 8.31. The Hall–Kier alpha value is -0.880. The van der Waals surface area contributed by atoms with Gasteiger partial charge in [-0.2, -0.15) is 0 Å². The molecule has 2 nitrogen and oxygen atoms in total. The van der Waals surface area contributed by atoms with Gasteiger partial charge >= 0.3 is 0 Å². The lowest BCUT2D eigenvalue weighted by atomic mass is 9.70. The van der Waals surface area contributed by atoms with Gasteiger partial charge in [0.2, 0.25) is 0 Å². The summed E-state index contributed by atoms with van der Waals surface area (Å²) >= 11 is 0. The standard InChI is InChI=1S/C11H14O2/c1-10(2)8-4-5-11(10,3)9(13)7(8)6-12/h8H,4-5H2,1-3H3/t8-,11+/m1/s1. The maximum Gasteiger partial charge on any atom is 0.176 e. The van der Waals surface area contributed by atoms with E-state index < -0.39 is 0 Å². The number of allylic oxidation sites excluding steroid dienone is 1. The first kappa shape index (κ1) is 8.71. The van der Waals surface area contributed by atoms with Crippen LogP contribution in [-0.4, -0.2) is 11.7 Å². The zero-order valence-corrected chi connectivity index (χ0v) is 8.31. The van der Waals surface area contributed by atoms with Crippen molar-refractivity contribution in [1.82, 2.24) is 0 Å². The van der Waals surface area contributed by atoms with E-state index in [1.807, 2.05) is 12.9 Å². The fourth-order valence-electron chi connectivity index (χ4n) is 2.98. The molecule has 2 atom stereocenters. The molecule has 0 saturated heterocycles. The van der Waals surface area contributed by atoms with E-state index in [2.05, 4.69) is 13.8 Å². The number of carbonyl (C=O) groups is 1. The molecule has 70 valence electrons. The van der Waals surface area contributed by atoms with Gasteiger partial charge in [-0.1, -0.05) is 20.8 Å². The minimum absolute atomic E-state index is 0.0448. The topological polar surface area (TPSA) is 34.1 Å². The van der Waals surface area contributed by atoms with E-state index in [1.54, 1.807) is 0 Å². The van der Waals surface area contributed by atoms with Gasteiger partial charge in [-0.15, -0.1) is 0 Å². The Morgan fingerprint density at radius 3 is 2.31 bits per heavy atom. The molecule has 2 rings (SSSR count). The second kappa shape index (κ2) is 2.13. The van der Waals surface area contributed by atoms with E-state index in [0.717, 1.165) is 12.8 Å². The maximum atomic E-state index is 11.8. The number of hydrogen-bond acceptors (Lipinski definition) is 2. The van der Waals surface area contributed by atoms with Crippen molar-refractivity contribution < 1.29 is 9.59 Å². The minimum Gasteiger partial charge on any atom is -0.293 e. The van der Waals surface area contributed by atoms with E-state index in [9.17, 15) is 9.59 Å². The van der Waals surface area contributed by atoms with Gasteiger partial charge in [-0.25, -0.2) is 4.79 Å². The molecule has 0 aromatic heterocycles. The van der Waals surface area contributed by atoms with Crippen LogP contribution in [0.25, 0.3) is 0 Å². The van der Waals surface area contributed by atoms with E-state index in [-0.39, 0.29) is 22.5 Å². The molecule has 0 heterocycles. The van der Waals surface area contributed by atoms with Crippen LogP contribution in [-0.2, 0) is 9.59 Å². The molecular weight excluding hydrogens is 164 g/mol. The van der Waals surface area contributed by atoms with Gasteiger partial charge in [0.05, 0.1) is 5.57 Å². The van der Waals surface area contributed by atoms with Crippen LogP contribution in [0, 0.1) is 16.7 Å². The van der Waals surface area contributed by atoms with Crippen molar-refractivity contribution in [3.8, 4) is 0 Å². The van der Waals surface area contributed by atoms with E-state index in [0.29, 0.717) is 5.57 Å². The Kier molecular flexibility index (Phi) is 1.43. The highest BCUT2D eigenvalue weighted by atomic mass is 16.1. The highest BCUT2D eigenvalue weighted by molar-refractivity contribution is 6.10. The van der Waals surface area contributed by atoms with Gasteiger partial charge in [0.1, 0.15) is 5.94 Å². The molecule has 2 aliphatic rings. The number of carbonyl (C=O) groups excluding carboxylic acids is 2. The summed E-state index contributed by atoms with van der Waals surface area (Å²) in [7, 11) is 0. The smallest absolute Gasteiger partial charge is 0.176 e. The second-order valence-electron chi connectivity index (χ2n) is 4.99. The van der Waals surface area contributed by atoms with E-state index in [1.165, 1.54) is 0 Å². The molecule has 2 bridgehead atoms. The molecule has 0 spiro atoms. The molecular formula is C11H14O2. The molecule has 0 aromatic rings. The third-order valence-corrected chi connectivity index (χ3v) is 4.43. The van der Waals surface area contributed by atoms with Crippen LogP contribution in [0.4, 0.5) is 0 Å². The third kappa shape index (κ3) is 0.709. The summed E-state index contributed by atoms with van der Waals surface area (Å²) in [5.74, 6) is 2.04. The van der Waals surface area contributed by atoms with Gasteiger partial charge in [-0.05, 0) is 18.3 Å². The summed E-state index contributed by atoms with van der Waals surface area (Å²) in [6, 6.07) is 0. The van der Waals surface area contributed by atoms with Gasteiger partial charge in [0.25, 0.3) is 0 Å². The number of rotatable bonds is 0. The van der Waals surface area contributed by atoms with Crippen molar-refractivity contribution in [1.29, 1.82) is 0 Å². The summed E-state index contributed by atoms with van der Waals surface area (Å²) in [6.45, 7) is 6.17. The molecule has 2 fully saturated rings. The lowest BCUT2D eigenvalue weighted by Gasteiger charge is -2.31. The molecule has 2 aliphatic carbocycles. The first-order valence-corrected chi connectivity index (χ1v) is 4.75. The van der Waals surface area contributed by atoms with Crippen molar-refractivity contribution in [3.05, 3.63) is 5.57 Å². The molecule has 0 radical (unpaired) electrons. The molecule has 0 aliphatic heterocycles. The SMILES string of the molecule is CC1(C)[C@@H]2CC[C@@]1(C)C(=O)C2=C=O. The zero-order chi connectivity index (χ0) is 9.85. The Bertz CT molecular complexity index is 334. The van der Waals surface area contributed by atoms with Crippen LogP contribution < -0.4 is 0 Å². The van der Waals surface area contributed by atoms with Gasteiger partial charge in [0.15, 0.2) is 5.78 Å². The lowest BCUT2D eigenvalue weighted by Crippen LogP contribution is -2.32. The molecule has 0 N–H and O–H groups in total. The maximum absolute atomic E-state index is 11.8.